The van der Waals surface area contributed by atoms with Crippen LogP contribution in [-0.4, -0.2) is 11.1 Å². The lowest BCUT2D eigenvalue weighted by Crippen LogP contribution is -2.11. The average molecular weight is 320 g/mol. The lowest BCUT2D eigenvalue weighted by atomic mass is 10.1. The second-order valence-electron chi connectivity index (χ2n) is 4.24. The summed E-state index contributed by atoms with van der Waals surface area (Å²) in [5, 5.41) is 12.5. The average Bonchev–Trinajstić information content (AvgIpc) is 2.39. The molecule has 0 spiro atoms. The largest absolute Gasteiger partial charge is 0.478 e. The Kier molecular flexibility index (Phi) is 4.22. The third-order valence-corrected chi connectivity index (χ3v) is 3.56. The number of aromatic carboxylic acids is 1. The maximum absolute atomic E-state index is 11.3. The number of nitrogens with one attached hydrogen (secondary N) is 1. The van der Waals surface area contributed by atoms with Crippen molar-refractivity contribution in [2.24, 2.45) is 0 Å². The summed E-state index contributed by atoms with van der Waals surface area (Å²) in [7, 11) is 0. The number of hydrogen-bond acceptors (Lipinski definition) is 2. The summed E-state index contributed by atoms with van der Waals surface area (Å²) in [6.07, 6.45) is 0. The number of anilines is 1. The fourth-order valence-electron chi connectivity index (χ4n) is 1.92. The van der Waals surface area contributed by atoms with Crippen molar-refractivity contribution in [2.75, 3.05) is 5.32 Å². The van der Waals surface area contributed by atoms with E-state index in [4.69, 9.17) is 0 Å². The van der Waals surface area contributed by atoms with Crippen LogP contribution in [0.15, 0.2) is 53.0 Å². The smallest absolute Gasteiger partial charge is 0.338 e. The molecule has 2 aromatic carbocycles. The Labute approximate surface area is 120 Å². The Morgan fingerprint density at radius 3 is 2.47 bits per heavy atom. The molecule has 0 radical (unpaired) electrons. The van der Waals surface area contributed by atoms with Crippen molar-refractivity contribution >= 4 is 27.6 Å². The van der Waals surface area contributed by atoms with Gasteiger partial charge in [0.2, 0.25) is 0 Å². The van der Waals surface area contributed by atoms with Crippen LogP contribution >= 0.6 is 15.9 Å². The molecular formula is C15H14BrNO2. The molecule has 19 heavy (non-hydrogen) atoms. The standard InChI is InChI=1S/C15H14BrNO2/c1-10(11-6-3-2-4-7-11)17-13-9-5-8-12(16)14(13)15(18)19/h2-10,17H,1H3,(H,18,19). The van der Waals surface area contributed by atoms with Crippen LogP contribution in [0.2, 0.25) is 0 Å². The molecule has 0 aliphatic rings. The maximum atomic E-state index is 11.3. The molecule has 0 fully saturated rings. The minimum absolute atomic E-state index is 0.0357. The second kappa shape index (κ2) is 5.89. The predicted octanol–water partition coefficient (Wildman–Crippen LogP) is 4.32. The third-order valence-electron chi connectivity index (χ3n) is 2.90. The number of halogens is 1. The summed E-state index contributed by atoms with van der Waals surface area (Å²) in [5.74, 6) is -0.949. The van der Waals surface area contributed by atoms with Crippen LogP contribution in [-0.2, 0) is 0 Å². The topological polar surface area (TPSA) is 49.3 Å². The van der Waals surface area contributed by atoms with Gasteiger partial charge in [-0.1, -0.05) is 36.4 Å². The van der Waals surface area contributed by atoms with Crippen LogP contribution in [0.25, 0.3) is 0 Å². The zero-order valence-corrected chi connectivity index (χ0v) is 12.0. The van der Waals surface area contributed by atoms with E-state index >= 15 is 0 Å². The van der Waals surface area contributed by atoms with E-state index in [2.05, 4.69) is 21.2 Å². The minimum Gasteiger partial charge on any atom is -0.478 e. The molecule has 0 amide bonds. The van der Waals surface area contributed by atoms with Crippen LogP contribution in [0.3, 0.4) is 0 Å². The van der Waals surface area contributed by atoms with Gasteiger partial charge in [0, 0.05) is 10.5 Å². The molecule has 2 N–H and O–H groups in total. The van der Waals surface area contributed by atoms with Gasteiger partial charge in [0.05, 0.1) is 11.3 Å². The quantitative estimate of drug-likeness (QED) is 0.882. The van der Waals surface area contributed by atoms with Gasteiger partial charge in [-0.15, -0.1) is 0 Å². The van der Waals surface area contributed by atoms with Crippen molar-refractivity contribution in [3.8, 4) is 0 Å². The van der Waals surface area contributed by atoms with Gasteiger partial charge in [0.15, 0.2) is 0 Å². The van der Waals surface area contributed by atoms with Gasteiger partial charge in [-0.2, -0.15) is 0 Å². The van der Waals surface area contributed by atoms with Crippen LogP contribution in [0, 0.1) is 0 Å². The molecule has 2 aromatic rings. The number of carbonyl (C=O) groups is 1. The first kappa shape index (κ1) is 13.6. The van der Waals surface area contributed by atoms with Gasteiger partial charge in [0.25, 0.3) is 0 Å². The molecule has 1 unspecified atom stereocenters. The highest BCUT2D eigenvalue weighted by molar-refractivity contribution is 9.10. The predicted molar refractivity (Wildman–Crippen MR) is 79.6 cm³/mol. The molecule has 0 aromatic heterocycles. The van der Waals surface area contributed by atoms with Gasteiger partial charge in [-0.05, 0) is 40.5 Å². The number of carboxylic acid groups (broad SMARTS) is 1. The van der Waals surface area contributed by atoms with Crippen molar-refractivity contribution in [3.05, 3.63) is 64.1 Å². The van der Waals surface area contributed by atoms with Crippen LogP contribution in [0.4, 0.5) is 5.69 Å². The summed E-state index contributed by atoms with van der Waals surface area (Å²) >= 11 is 3.27. The van der Waals surface area contributed by atoms with E-state index in [1.54, 1.807) is 12.1 Å². The number of rotatable bonds is 4. The van der Waals surface area contributed by atoms with E-state index in [9.17, 15) is 9.90 Å². The van der Waals surface area contributed by atoms with Gasteiger partial charge in [-0.25, -0.2) is 4.79 Å². The highest BCUT2D eigenvalue weighted by Gasteiger charge is 2.15. The molecule has 0 heterocycles. The highest BCUT2D eigenvalue weighted by atomic mass is 79.9. The lowest BCUT2D eigenvalue weighted by Gasteiger charge is -2.17. The van der Waals surface area contributed by atoms with E-state index in [0.29, 0.717) is 10.2 Å². The highest BCUT2D eigenvalue weighted by Crippen LogP contribution is 2.28. The first-order valence-electron chi connectivity index (χ1n) is 5.93. The van der Waals surface area contributed by atoms with E-state index in [1.165, 1.54) is 0 Å². The molecular weight excluding hydrogens is 306 g/mol. The Morgan fingerprint density at radius 1 is 1.16 bits per heavy atom. The van der Waals surface area contributed by atoms with E-state index < -0.39 is 5.97 Å². The number of benzene rings is 2. The monoisotopic (exact) mass is 319 g/mol. The van der Waals surface area contributed by atoms with E-state index in [-0.39, 0.29) is 11.6 Å². The number of carboxylic acids is 1. The molecule has 3 nitrogen and oxygen atoms in total. The fraction of sp³-hybridized carbons (Fsp3) is 0.133. The Hall–Kier alpha value is -1.81. The van der Waals surface area contributed by atoms with Crippen molar-refractivity contribution < 1.29 is 9.90 Å². The van der Waals surface area contributed by atoms with Crippen LogP contribution in [0.5, 0.6) is 0 Å². The van der Waals surface area contributed by atoms with Gasteiger partial charge in [-0.3, -0.25) is 0 Å². The summed E-state index contributed by atoms with van der Waals surface area (Å²) < 4.78 is 0.574. The van der Waals surface area contributed by atoms with Crippen molar-refractivity contribution in [2.45, 2.75) is 13.0 Å². The minimum atomic E-state index is -0.949. The molecule has 0 aliphatic heterocycles. The van der Waals surface area contributed by atoms with Crippen molar-refractivity contribution in [1.82, 2.24) is 0 Å². The Morgan fingerprint density at radius 2 is 1.84 bits per heavy atom. The van der Waals surface area contributed by atoms with Crippen molar-refractivity contribution in [1.29, 1.82) is 0 Å². The summed E-state index contributed by atoms with van der Waals surface area (Å²) in [6.45, 7) is 2.00. The lowest BCUT2D eigenvalue weighted by molar-refractivity contribution is 0.0697. The van der Waals surface area contributed by atoms with Gasteiger partial charge < -0.3 is 10.4 Å². The summed E-state index contributed by atoms with van der Waals surface area (Å²) in [6, 6.07) is 15.3. The first-order chi connectivity index (χ1) is 9.09. The SMILES string of the molecule is CC(Nc1cccc(Br)c1C(=O)O)c1ccccc1. The number of hydrogen-bond donors (Lipinski definition) is 2. The third kappa shape index (κ3) is 3.15. The zero-order chi connectivity index (χ0) is 13.8. The van der Waals surface area contributed by atoms with Crippen LogP contribution < -0.4 is 5.32 Å². The molecule has 0 aliphatic carbocycles. The molecule has 0 saturated carbocycles. The maximum Gasteiger partial charge on any atom is 0.338 e. The summed E-state index contributed by atoms with van der Waals surface area (Å²) in [5.41, 5.74) is 1.97. The van der Waals surface area contributed by atoms with Crippen LogP contribution in [0.1, 0.15) is 28.9 Å². The Balaban J connectivity index is 2.29. The molecule has 4 heteroatoms. The summed E-state index contributed by atoms with van der Waals surface area (Å²) in [4.78, 5) is 11.3. The first-order valence-corrected chi connectivity index (χ1v) is 6.72. The normalized spacial score (nSPS) is 11.9. The van der Waals surface area contributed by atoms with Crippen molar-refractivity contribution in [3.63, 3.8) is 0 Å². The molecule has 0 saturated heterocycles. The van der Waals surface area contributed by atoms with E-state index in [0.717, 1.165) is 5.56 Å². The van der Waals surface area contributed by atoms with Gasteiger partial charge >= 0.3 is 5.97 Å². The molecule has 0 bridgehead atoms. The molecule has 98 valence electrons. The zero-order valence-electron chi connectivity index (χ0n) is 10.4. The molecule has 1 atom stereocenters. The van der Waals surface area contributed by atoms with E-state index in [1.807, 2.05) is 43.3 Å². The van der Waals surface area contributed by atoms with Gasteiger partial charge in [0.1, 0.15) is 0 Å². The fourth-order valence-corrected chi connectivity index (χ4v) is 2.46. The Bertz CT molecular complexity index is 584. The second-order valence-corrected chi connectivity index (χ2v) is 5.10. The molecule has 2 rings (SSSR count).